The highest BCUT2D eigenvalue weighted by atomic mass is 35.5. The second-order valence-electron chi connectivity index (χ2n) is 7.84. The molecule has 3 aromatic carbocycles. The van der Waals surface area contributed by atoms with E-state index in [-0.39, 0.29) is 17.4 Å². The molecule has 2 atom stereocenters. The van der Waals surface area contributed by atoms with Crippen LogP contribution in [0.25, 0.3) is 0 Å². The zero-order valence-corrected chi connectivity index (χ0v) is 17.3. The largest absolute Gasteiger partial charge is 0.478 e. The van der Waals surface area contributed by atoms with Crippen molar-refractivity contribution < 1.29 is 14.7 Å². The highest BCUT2D eigenvalue weighted by Gasteiger charge is 2.67. The van der Waals surface area contributed by atoms with Gasteiger partial charge in [0.1, 0.15) is 0 Å². The zero-order chi connectivity index (χ0) is 21.0. The van der Waals surface area contributed by atoms with Crippen LogP contribution in [-0.4, -0.2) is 17.0 Å². The standard InChI is InChI=1S/C24H17Cl2NO3/c25-17-6-4-15(5-7-17)20-12-24(20)19-11-18(26)8-9-21(19)27(23(24)30)13-14-2-1-3-16(10-14)22(28)29/h1-11,20H,12-13H2,(H,28,29)/t20-,24-/m0/s1. The SMILES string of the molecule is O=C(O)c1cccc(CN2C(=O)[C@@]3(C[C@H]3c3ccc(Cl)cc3)c3cc(Cl)ccc32)c1. The number of halogens is 2. The van der Waals surface area contributed by atoms with Gasteiger partial charge in [0.15, 0.2) is 0 Å². The van der Waals surface area contributed by atoms with Crippen LogP contribution in [0.5, 0.6) is 0 Å². The Morgan fingerprint density at radius 3 is 2.50 bits per heavy atom. The van der Waals surface area contributed by atoms with Crippen molar-refractivity contribution in [2.24, 2.45) is 0 Å². The second-order valence-corrected chi connectivity index (χ2v) is 8.71. The lowest BCUT2D eigenvalue weighted by atomic mass is 9.92. The average molecular weight is 438 g/mol. The fourth-order valence-corrected chi connectivity index (χ4v) is 4.90. The van der Waals surface area contributed by atoms with Gasteiger partial charge in [-0.2, -0.15) is 0 Å². The van der Waals surface area contributed by atoms with Crippen molar-refractivity contribution in [3.63, 3.8) is 0 Å². The number of carbonyl (C=O) groups is 2. The summed E-state index contributed by atoms with van der Waals surface area (Å²) in [6, 6.07) is 19.9. The smallest absolute Gasteiger partial charge is 0.335 e. The van der Waals surface area contributed by atoms with E-state index >= 15 is 0 Å². The summed E-state index contributed by atoms with van der Waals surface area (Å²) in [5.74, 6) is -0.895. The van der Waals surface area contributed by atoms with E-state index in [1.54, 1.807) is 29.2 Å². The minimum atomic E-state index is -0.988. The van der Waals surface area contributed by atoms with Crippen LogP contribution < -0.4 is 4.90 Å². The monoisotopic (exact) mass is 437 g/mol. The first-order valence-corrected chi connectivity index (χ1v) is 10.4. The predicted octanol–water partition coefficient (Wildman–Crippen LogP) is 5.66. The van der Waals surface area contributed by atoms with Crippen molar-refractivity contribution in [2.75, 3.05) is 4.90 Å². The van der Waals surface area contributed by atoms with Crippen LogP contribution in [0.15, 0.2) is 66.7 Å². The number of carboxylic acid groups (broad SMARTS) is 1. The van der Waals surface area contributed by atoms with Gasteiger partial charge in [0.05, 0.1) is 17.5 Å². The van der Waals surface area contributed by atoms with Crippen LogP contribution in [-0.2, 0) is 16.8 Å². The number of aromatic carboxylic acids is 1. The highest BCUT2D eigenvalue weighted by Crippen LogP contribution is 2.66. The lowest BCUT2D eigenvalue weighted by Crippen LogP contribution is -2.32. The molecule has 150 valence electrons. The van der Waals surface area contributed by atoms with E-state index in [4.69, 9.17) is 23.2 Å². The molecule has 1 spiro atoms. The van der Waals surface area contributed by atoms with Gasteiger partial charge in [0, 0.05) is 21.7 Å². The molecule has 6 heteroatoms. The van der Waals surface area contributed by atoms with Crippen molar-refractivity contribution >= 4 is 40.8 Å². The van der Waals surface area contributed by atoms with Crippen molar-refractivity contribution in [3.8, 4) is 0 Å². The normalized spacial score (nSPS) is 21.7. The summed E-state index contributed by atoms with van der Waals surface area (Å²) in [5, 5.41) is 10.5. The number of benzene rings is 3. The van der Waals surface area contributed by atoms with Crippen molar-refractivity contribution in [1.29, 1.82) is 0 Å². The fraction of sp³-hybridized carbons (Fsp3) is 0.167. The van der Waals surface area contributed by atoms with E-state index in [2.05, 4.69) is 0 Å². The number of hydrogen-bond donors (Lipinski definition) is 1. The summed E-state index contributed by atoms with van der Waals surface area (Å²) in [6.45, 7) is 0.309. The van der Waals surface area contributed by atoms with Crippen molar-refractivity contribution in [1.82, 2.24) is 0 Å². The number of carboxylic acids is 1. The molecule has 1 N–H and O–H groups in total. The van der Waals surface area contributed by atoms with E-state index in [0.29, 0.717) is 23.0 Å². The van der Waals surface area contributed by atoms with Gasteiger partial charge < -0.3 is 10.0 Å². The third-order valence-corrected chi connectivity index (χ3v) is 6.59. The third-order valence-electron chi connectivity index (χ3n) is 6.10. The molecular formula is C24H17Cl2NO3. The summed E-state index contributed by atoms with van der Waals surface area (Å²) in [6.07, 6.45) is 0.715. The summed E-state index contributed by atoms with van der Waals surface area (Å²) in [4.78, 5) is 26.7. The van der Waals surface area contributed by atoms with E-state index < -0.39 is 11.4 Å². The first-order chi connectivity index (χ1) is 14.4. The molecule has 0 bridgehead atoms. The first-order valence-electron chi connectivity index (χ1n) is 9.60. The Bertz CT molecular complexity index is 1190. The molecule has 2 aliphatic rings. The number of rotatable bonds is 4. The third kappa shape index (κ3) is 2.91. The van der Waals surface area contributed by atoms with Gasteiger partial charge in [-0.1, -0.05) is 47.5 Å². The summed E-state index contributed by atoms with van der Waals surface area (Å²) < 4.78 is 0. The molecule has 3 aromatic rings. The minimum absolute atomic E-state index is 0.0282. The molecule has 0 aromatic heterocycles. The number of anilines is 1. The van der Waals surface area contributed by atoms with E-state index in [9.17, 15) is 14.7 Å². The van der Waals surface area contributed by atoms with E-state index in [1.165, 1.54) is 0 Å². The molecule has 1 aliphatic carbocycles. The molecule has 5 rings (SSSR count). The molecule has 1 fully saturated rings. The molecule has 4 nitrogen and oxygen atoms in total. The van der Waals surface area contributed by atoms with Crippen LogP contribution in [0, 0.1) is 0 Å². The van der Waals surface area contributed by atoms with Gasteiger partial charge in [-0.25, -0.2) is 4.79 Å². The Labute approximate surface area is 183 Å². The molecular weight excluding hydrogens is 421 g/mol. The predicted molar refractivity (Wildman–Crippen MR) is 117 cm³/mol. The van der Waals surface area contributed by atoms with Crippen LogP contribution in [0.2, 0.25) is 10.0 Å². The topological polar surface area (TPSA) is 57.6 Å². The van der Waals surface area contributed by atoms with Crippen LogP contribution in [0.3, 0.4) is 0 Å². The molecule has 1 heterocycles. The maximum atomic E-state index is 13.7. The van der Waals surface area contributed by atoms with Crippen LogP contribution >= 0.6 is 23.2 Å². The molecule has 0 saturated heterocycles. The Balaban J connectivity index is 1.54. The Morgan fingerprint density at radius 1 is 1.03 bits per heavy atom. The lowest BCUT2D eigenvalue weighted by Gasteiger charge is -2.19. The average Bonchev–Trinajstić information content (AvgIpc) is 3.45. The molecule has 0 radical (unpaired) electrons. The second kappa shape index (κ2) is 6.86. The van der Waals surface area contributed by atoms with Gasteiger partial charge in [-0.3, -0.25) is 4.79 Å². The molecule has 30 heavy (non-hydrogen) atoms. The number of hydrogen-bond acceptors (Lipinski definition) is 2. The first kappa shape index (κ1) is 19.2. The summed E-state index contributed by atoms with van der Waals surface area (Å²) in [7, 11) is 0. The lowest BCUT2D eigenvalue weighted by molar-refractivity contribution is -0.120. The number of carbonyl (C=O) groups excluding carboxylic acids is 1. The van der Waals surface area contributed by atoms with Crippen LogP contribution in [0.4, 0.5) is 5.69 Å². The van der Waals surface area contributed by atoms with Crippen molar-refractivity contribution in [3.05, 3.63) is 99.0 Å². The van der Waals surface area contributed by atoms with Gasteiger partial charge in [0.2, 0.25) is 5.91 Å². The fourth-order valence-electron chi connectivity index (χ4n) is 4.60. The Morgan fingerprint density at radius 2 is 1.77 bits per heavy atom. The Kier molecular flexibility index (Phi) is 4.38. The van der Waals surface area contributed by atoms with Crippen molar-refractivity contribution in [2.45, 2.75) is 24.3 Å². The zero-order valence-electron chi connectivity index (χ0n) is 15.8. The summed E-state index contributed by atoms with van der Waals surface area (Å²) >= 11 is 12.3. The van der Waals surface area contributed by atoms with Gasteiger partial charge in [-0.05, 0) is 65.6 Å². The van der Waals surface area contributed by atoms with Gasteiger partial charge >= 0.3 is 5.97 Å². The number of nitrogens with zero attached hydrogens (tertiary/aromatic N) is 1. The molecule has 1 aliphatic heterocycles. The quantitative estimate of drug-likeness (QED) is 0.572. The maximum absolute atomic E-state index is 13.7. The van der Waals surface area contributed by atoms with Crippen LogP contribution in [0.1, 0.15) is 39.4 Å². The maximum Gasteiger partial charge on any atom is 0.335 e. The number of fused-ring (bicyclic) bond motifs is 2. The Hall–Kier alpha value is -2.82. The highest BCUT2D eigenvalue weighted by molar-refractivity contribution is 6.31. The van der Waals surface area contributed by atoms with Gasteiger partial charge in [0.25, 0.3) is 0 Å². The molecule has 1 amide bonds. The van der Waals surface area contributed by atoms with E-state index in [1.807, 2.05) is 42.5 Å². The number of amides is 1. The minimum Gasteiger partial charge on any atom is -0.478 e. The van der Waals surface area contributed by atoms with E-state index in [0.717, 1.165) is 22.4 Å². The molecule has 0 unspecified atom stereocenters. The van der Waals surface area contributed by atoms with Gasteiger partial charge in [-0.15, -0.1) is 0 Å². The molecule has 1 saturated carbocycles. The summed E-state index contributed by atoms with van der Waals surface area (Å²) in [5.41, 5.74) is 3.20.